The number of rotatable bonds is 6. The van der Waals surface area contributed by atoms with Crippen molar-refractivity contribution in [2.24, 2.45) is 11.8 Å². The van der Waals surface area contributed by atoms with E-state index in [1.165, 1.54) is 36.3 Å². The number of carbonyl (C=O) groups excluding carboxylic acids is 4. The number of ether oxygens (including phenoxy) is 2. The normalized spacial score (nSPS) is 19.5. The molecule has 0 saturated carbocycles. The van der Waals surface area contributed by atoms with E-state index in [1.54, 1.807) is 24.3 Å². The molecule has 2 aliphatic rings. The zero-order chi connectivity index (χ0) is 22.7. The summed E-state index contributed by atoms with van der Waals surface area (Å²) in [6.45, 7) is -0.474. The van der Waals surface area contributed by atoms with Crippen molar-refractivity contribution in [1.29, 1.82) is 0 Å². The number of esters is 1. The molecule has 1 saturated heterocycles. The van der Waals surface area contributed by atoms with Gasteiger partial charge in [-0.2, -0.15) is 0 Å². The van der Waals surface area contributed by atoms with E-state index in [-0.39, 0.29) is 29.2 Å². The molecule has 2 aromatic carbocycles. The van der Waals surface area contributed by atoms with Crippen LogP contribution in [0.15, 0.2) is 60.7 Å². The lowest BCUT2D eigenvalue weighted by Crippen LogP contribution is -2.30. The Morgan fingerprint density at radius 1 is 0.969 bits per heavy atom. The molecule has 1 N–H and O–H groups in total. The predicted molar refractivity (Wildman–Crippen MR) is 116 cm³/mol. The van der Waals surface area contributed by atoms with Gasteiger partial charge in [0.15, 0.2) is 6.61 Å². The molecule has 0 spiro atoms. The van der Waals surface area contributed by atoms with Crippen molar-refractivity contribution in [1.82, 2.24) is 0 Å². The molecule has 0 unspecified atom stereocenters. The van der Waals surface area contributed by atoms with E-state index < -0.39 is 18.5 Å². The summed E-state index contributed by atoms with van der Waals surface area (Å²) in [5, 5.41) is 2.62. The monoisotopic (exact) mass is 434 g/mol. The van der Waals surface area contributed by atoms with Crippen molar-refractivity contribution in [2.45, 2.75) is 12.8 Å². The maximum absolute atomic E-state index is 12.7. The number of amides is 3. The van der Waals surface area contributed by atoms with Gasteiger partial charge in [0.05, 0.1) is 35.9 Å². The standard InChI is InChI=1S/C24H22N2O6/c1-31-20-9-5-4-8-19(20)25-21(27)14-32-24(30)15-10-12-16(13-11-15)26-22(28)17-6-2-3-7-18(17)23(26)29/h2-5,8-13,17-18H,6-7,14H2,1H3,(H,25,27)/t17-,18-/m0/s1. The number of hydrogen-bond donors (Lipinski definition) is 1. The summed E-state index contributed by atoms with van der Waals surface area (Å²) in [5.74, 6) is -1.78. The average molecular weight is 434 g/mol. The number of benzene rings is 2. The molecular formula is C24H22N2O6. The van der Waals surface area contributed by atoms with E-state index in [1.807, 2.05) is 12.2 Å². The number of imide groups is 1. The second-order valence-corrected chi connectivity index (χ2v) is 7.54. The molecule has 4 rings (SSSR count). The van der Waals surface area contributed by atoms with E-state index in [2.05, 4.69) is 5.32 Å². The molecule has 8 heteroatoms. The zero-order valence-electron chi connectivity index (χ0n) is 17.4. The summed E-state index contributed by atoms with van der Waals surface area (Å²) >= 11 is 0. The van der Waals surface area contributed by atoms with Crippen LogP contribution in [0.25, 0.3) is 0 Å². The molecule has 0 aromatic heterocycles. The van der Waals surface area contributed by atoms with E-state index in [4.69, 9.17) is 9.47 Å². The lowest BCUT2D eigenvalue weighted by Gasteiger charge is -2.15. The molecule has 3 amide bonds. The topological polar surface area (TPSA) is 102 Å². The summed E-state index contributed by atoms with van der Waals surface area (Å²) < 4.78 is 10.2. The maximum Gasteiger partial charge on any atom is 0.338 e. The average Bonchev–Trinajstić information content (AvgIpc) is 3.08. The van der Waals surface area contributed by atoms with Gasteiger partial charge in [0, 0.05) is 0 Å². The Morgan fingerprint density at radius 3 is 2.22 bits per heavy atom. The third-order valence-corrected chi connectivity index (χ3v) is 5.58. The number of nitrogens with zero attached hydrogens (tertiary/aromatic N) is 1. The van der Waals surface area contributed by atoms with Crippen molar-refractivity contribution < 1.29 is 28.7 Å². The van der Waals surface area contributed by atoms with Crippen LogP contribution in [-0.4, -0.2) is 37.4 Å². The second kappa shape index (κ2) is 9.05. The van der Waals surface area contributed by atoms with Gasteiger partial charge < -0.3 is 14.8 Å². The van der Waals surface area contributed by atoms with Gasteiger partial charge in [0.1, 0.15) is 5.75 Å². The van der Waals surface area contributed by atoms with Crippen molar-refractivity contribution >= 4 is 35.1 Å². The number of para-hydroxylation sites is 2. The first-order valence-electron chi connectivity index (χ1n) is 10.2. The van der Waals surface area contributed by atoms with Crippen molar-refractivity contribution in [2.75, 3.05) is 23.9 Å². The maximum atomic E-state index is 12.7. The number of fused-ring (bicyclic) bond motifs is 1. The first-order valence-corrected chi connectivity index (χ1v) is 10.2. The highest BCUT2D eigenvalue weighted by Gasteiger charge is 2.47. The Bertz CT molecular complexity index is 1070. The number of nitrogens with one attached hydrogen (secondary N) is 1. The van der Waals surface area contributed by atoms with Gasteiger partial charge in [-0.1, -0.05) is 24.3 Å². The van der Waals surface area contributed by atoms with Crippen LogP contribution in [0.1, 0.15) is 23.2 Å². The van der Waals surface area contributed by atoms with Crippen LogP contribution in [-0.2, 0) is 19.1 Å². The molecule has 1 aliphatic carbocycles. The smallest absolute Gasteiger partial charge is 0.338 e. The number of anilines is 2. The highest BCUT2D eigenvalue weighted by atomic mass is 16.5. The molecule has 32 heavy (non-hydrogen) atoms. The van der Waals surface area contributed by atoms with Gasteiger partial charge in [-0.3, -0.25) is 19.3 Å². The lowest BCUT2D eigenvalue weighted by atomic mass is 9.85. The molecule has 2 atom stereocenters. The second-order valence-electron chi connectivity index (χ2n) is 7.54. The fourth-order valence-electron chi connectivity index (χ4n) is 3.95. The van der Waals surface area contributed by atoms with Crippen LogP contribution in [0.5, 0.6) is 5.75 Å². The quantitative estimate of drug-likeness (QED) is 0.426. The first kappa shape index (κ1) is 21.3. The number of methoxy groups -OCH3 is 1. The Morgan fingerprint density at radius 2 is 1.59 bits per heavy atom. The molecule has 1 heterocycles. The highest BCUT2D eigenvalue weighted by Crippen LogP contribution is 2.37. The molecule has 1 fully saturated rings. The largest absolute Gasteiger partial charge is 0.495 e. The fraction of sp³-hybridized carbons (Fsp3) is 0.250. The van der Waals surface area contributed by atoms with Crippen LogP contribution in [0, 0.1) is 11.8 Å². The van der Waals surface area contributed by atoms with Crippen molar-refractivity contribution in [3.05, 3.63) is 66.2 Å². The molecule has 0 radical (unpaired) electrons. The summed E-state index contributed by atoms with van der Waals surface area (Å²) in [6, 6.07) is 12.9. The van der Waals surface area contributed by atoms with E-state index in [9.17, 15) is 19.2 Å². The first-order chi connectivity index (χ1) is 15.5. The summed E-state index contributed by atoms with van der Waals surface area (Å²) in [4.78, 5) is 50.9. The molecule has 2 aromatic rings. The van der Waals surface area contributed by atoms with Crippen molar-refractivity contribution in [3.8, 4) is 5.75 Å². The number of allylic oxidation sites excluding steroid dienone is 2. The zero-order valence-corrected chi connectivity index (χ0v) is 17.4. The third-order valence-electron chi connectivity index (χ3n) is 5.58. The summed E-state index contributed by atoms with van der Waals surface area (Å²) in [7, 11) is 1.49. The van der Waals surface area contributed by atoms with Crippen LogP contribution in [0.4, 0.5) is 11.4 Å². The van der Waals surface area contributed by atoms with Gasteiger partial charge in [-0.15, -0.1) is 0 Å². The lowest BCUT2D eigenvalue weighted by molar-refractivity contribution is -0.122. The van der Waals surface area contributed by atoms with Crippen molar-refractivity contribution in [3.63, 3.8) is 0 Å². The molecule has 1 aliphatic heterocycles. The van der Waals surface area contributed by atoms with Gasteiger partial charge in [-0.25, -0.2) is 4.79 Å². The minimum absolute atomic E-state index is 0.206. The predicted octanol–water partition coefficient (Wildman–Crippen LogP) is 2.95. The van der Waals surface area contributed by atoms with Gasteiger partial charge in [-0.05, 0) is 49.2 Å². The van der Waals surface area contributed by atoms with Gasteiger partial charge in [0.2, 0.25) is 11.8 Å². The van der Waals surface area contributed by atoms with Crippen LogP contribution in [0.3, 0.4) is 0 Å². The summed E-state index contributed by atoms with van der Waals surface area (Å²) in [6.07, 6.45) is 4.98. The SMILES string of the molecule is COc1ccccc1NC(=O)COC(=O)c1ccc(N2C(=O)[C@H]3CC=CC[C@@H]3C2=O)cc1. The Labute approximate surface area is 184 Å². The minimum Gasteiger partial charge on any atom is -0.495 e. The van der Waals surface area contributed by atoms with Gasteiger partial charge >= 0.3 is 5.97 Å². The third kappa shape index (κ3) is 4.12. The van der Waals surface area contributed by atoms with E-state index in [0.29, 0.717) is 30.0 Å². The van der Waals surface area contributed by atoms with Crippen LogP contribution in [0.2, 0.25) is 0 Å². The van der Waals surface area contributed by atoms with E-state index in [0.717, 1.165) is 0 Å². The molecule has 0 bridgehead atoms. The minimum atomic E-state index is -0.691. The Balaban J connectivity index is 1.36. The van der Waals surface area contributed by atoms with Crippen LogP contribution >= 0.6 is 0 Å². The summed E-state index contributed by atoms with van der Waals surface area (Å²) in [5.41, 5.74) is 1.09. The molecular weight excluding hydrogens is 412 g/mol. The van der Waals surface area contributed by atoms with E-state index >= 15 is 0 Å². The van der Waals surface area contributed by atoms with Gasteiger partial charge in [0.25, 0.3) is 5.91 Å². The highest BCUT2D eigenvalue weighted by molar-refractivity contribution is 6.22. The fourth-order valence-corrected chi connectivity index (χ4v) is 3.95. The van der Waals surface area contributed by atoms with Crippen LogP contribution < -0.4 is 15.0 Å². The molecule has 8 nitrogen and oxygen atoms in total. The molecule has 164 valence electrons. The number of hydrogen-bond acceptors (Lipinski definition) is 6. The number of carbonyl (C=O) groups is 4. The Kier molecular flexibility index (Phi) is 6.02. The Hall–Kier alpha value is -3.94.